The van der Waals surface area contributed by atoms with Crippen LogP contribution in [0.15, 0.2) is 18.2 Å². The second kappa shape index (κ2) is 3.99. The number of alkyl halides is 1. The highest BCUT2D eigenvalue weighted by molar-refractivity contribution is 9.09. The first-order valence-electron chi connectivity index (χ1n) is 3.49. The maximum absolute atomic E-state index is 13.0. The molecular formula is C9H8BrF2. The zero-order chi connectivity index (χ0) is 9.14. The minimum atomic E-state index is -0.818. The van der Waals surface area contributed by atoms with E-state index in [9.17, 15) is 8.78 Å². The van der Waals surface area contributed by atoms with Gasteiger partial charge in [0.15, 0.2) is 11.6 Å². The van der Waals surface area contributed by atoms with Gasteiger partial charge in [0.2, 0.25) is 0 Å². The van der Waals surface area contributed by atoms with Crippen LogP contribution < -0.4 is 0 Å². The van der Waals surface area contributed by atoms with Crippen molar-refractivity contribution in [2.75, 3.05) is 5.33 Å². The van der Waals surface area contributed by atoms with E-state index in [-0.39, 0.29) is 5.92 Å². The van der Waals surface area contributed by atoms with Gasteiger partial charge in [-0.1, -0.05) is 28.1 Å². The summed E-state index contributed by atoms with van der Waals surface area (Å²) in [5.41, 5.74) is 0.312. The van der Waals surface area contributed by atoms with Gasteiger partial charge in [-0.25, -0.2) is 8.78 Å². The van der Waals surface area contributed by atoms with E-state index < -0.39 is 11.6 Å². The molecule has 0 aromatic heterocycles. The van der Waals surface area contributed by atoms with Gasteiger partial charge in [-0.05, 0) is 24.5 Å². The summed E-state index contributed by atoms with van der Waals surface area (Å²) in [5, 5.41) is 0.521. The van der Waals surface area contributed by atoms with E-state index in [4.69, 9.17) is 0 Å². The van der Waals surface area contributed by atoms with Crippen LogP contribution in [-0.2, 0) is 0 Å². The van der Waals surface area contributed by atoms with Crippen molar-refractivity contribution < 1.29 is 8.78 Å². The molecule has 1 rings (SSSR count). The third-order valence-corrected chi connectivity index (χ3v) is 2.39. The summed E-state index contributed by atoms with van der Waals surface area (Å²) in [6.45, 7) is 3.68. The Morgan fingerprint density at radius 3 is 2.67 bits per heavy atom. The summed E-state index contributed by atoms with van der Waals surface area (Å²) in [5.74, 6) is -1.86. The Hall–Kier alpha value is -0.440. The molecule has 0 aliphatic carbocycles. The molecule has 0 saturated carbocycles. The van der Waals surface area contributed by atoms with E-state index >= 15 is 0 Å². The summed E-state index contributed by atoms with van der Waals surface area (Å²) in [6.07, 6.45) is 0. The van der Waals surface area contributed by atoms with Gasteiger partial charge in [0.05, 0.1) is 0 Å². The van der Waals surface area contributed by atoms with Gasteiger partial charge in [-0.15, -0.1) is 0 Å². The average Bonchev–Trinajstić information content (AvgIpc) is 2.08. The van der Waals surface area contributed by atoms with Crippen molar-refractivity contribution in [3.05, 3.63) is 42.3 Å². The zero-order valence-corrected chi connectivity index (χ0v) is 7.94. The van der Waals surface area contributed by atoms with Crippen LogP contribution in [0.2, 0.25) is 0 Å². The fourth-order valence-electron chi connectivity index (χ4n) is 0.919. The number of hydrogen-bond donors (Lipinski definition) is 0. The molecule has 0 heterocycles. The lowest BCUT2D eigenvalue weighted by Crippen LogP contribution is -2.00. The lowest BCUT2D eigenvalue weighted by Gasteiger charge is -2.08. The van der Waals surface area contributed by atoms with Crippen molar-refractivity contribution in [2.45, 2.75) is 5.92 Å². The molecule has 0 saturated heterocycles. The monoisotopic (exact) mass is 233 g/mol. The van der Waals surface area contributed by atoms with Crippen molar-refractivity contribution in [1.29, 1.82) is 0 Å². The molecule has 0 aliphatic heterocycles. The van der Waals surface area contributed by atoms with Crippen molar-refractivity contribution in [2.24, 2.45) is 0 Å². The van der Waals surface area contributed by atoms with Crippen LogP contribution >= 0.6 is 15.9 Å². The SMILES string of the molecule is [CH2]C(CBr)c1cccc(F)c1F. The van der Waals surface area contributed by atoms with E-state index in [0.717, 1.165) is 6.07 Å². The molecule has 0 fully saturated rings. The normalized spacial score (nSPS) is 13.0. The lowest BCUT2D eigenvalue weighted by atomic mass is 10.0. The molecule has 1 unspecified atom stereocenters. The number of rotatable bonds is 2. The lowest BCUT2D eigenvalue weighted by molar-refractivity contribution is 0.497. The zero-order valence-electron chi connectivity index (χ0n) is 6.36. The Kier molecular flexibility index (Phi) is 3.20. The first-order valence-corrected chi connectivity index (χ1v) is 4.62. The first kappa shape index (κ1) is 9.65. The molecule has 1 radical (unpaired) electrons. The highest BCUT2D eigenvalue weighted by Gasteiger charge is 2.12. The van der Waals surface area contributed by atoms with Gasteiger partial charge in [0.1, 0.15) is 0 Å². The van der Waals surface area contributed by atoms with Gasteiger partial charge in [-0.2, -0.15) is 0 Å². The van der Waals surface area contributed by atoms with Crippen LogP contribution in [-0.4, -0.2) is 5.33 Å². The van der Waals surface area contributed by atoms with Crippen molar-refractivity contribution in [1.82, 2.24) is 0 Å². The standard InChI is InChI=1S/C9H8BrF2/c1-6(5-10)7-3-2-4-8(11)9(7)12/h2-4,6H,1,5H2. The van der Waals surface area contributed by atoms with Gasteiger partial charge in [-0.3, -0.25) is 0 Å². The van der Waals surface area contributed by atoms with Crippen molar-refractivity contribution in [3.63, 3.8) is 0 Å². The molecule has 1 atom stereocenters. The maximum Gasteiger partial charge on any atom is 0.162 e. The Morgan fingerprint density at radius 2 is 2.08 bits per heavy atom. The fourth-order valence-corrected chi connectivity index (χ4v) is 1.27. The van der Waals surface area contributed by atoms with Gasteiger partial charge in [0, 0.05) is 5.33 Å². The number of halogens is 3. The van der Waals surface area contributed by atoms with Crippen molar-refractivity contribution in [3.8, 4) is 0 Å². The quantitative estimate of drug-likeness (QED) is 0.689. The molecule has 0 aliphatic rings. The smallest absolute Gasteiger partial charge is 0.162 e. The highest BCUT2D eigenvalue weighted by atomic mass is 79.9. The molecular weight excluding hydrogens is 226 g/mol. The Bertz CT molecular complexity index is 273. The molecule has 3 heteroatoms. The summed E-state index contributed by atoms with van der Waals surface area (Å²) in [7, 11) is 0. The van der Waals surface area contributed by atoms with E-state index in [1.54, 1.807) is 0 Å². The molecule has 0 bridgehead atoms. The van der Waals surface area contributed by atoms with Crippen LogP contribution in [0.5, 0.6) is 0 Å². The van der Waals surface area contributed by atoms with Crippen LogP contribution in [0.3, 0.4) is 0 Å². The van der Waals surface area contributed by atoms with Gasteiger partial charge in [0.25, 0.3) is 0 Å². The summed E-state index contributed by atoms with van der Waals surface area (Å²) in [4.78, 5) is 0. The predicted octanol–water partition coefficient (Wildman–Crippen LogP) is 3.28. The van der Waals surface area contributed by atoms with Gasteiger partial charge >= 0.3 is 0 Å². The molecule has 0 spiro atoms. The third kappa shape index (κ3) is 1.83. The van der Waals surface area contributed by atoms with Crippen LogP contribution in [0, 0.1) is 18.6 Å². The van der Waals surface area contributed by atoms with Crippen LogP contribution in [0.1, 0.15) is 11.5 Å². The fraction of sp³-hybridized carbons (Fsp3) is 0.222. The Morgan fingerprint density at radius 1 is 1.42 bits per heavy atom. The van der Waals surface area contributed by atoms with Crippen LogP contribution in [0.4, 0.5) is 8.78 Å². The van der Waals surface area contributed by atoms with E-state index in [1.165, 1.54) is 12.1 Å². The Labute approximate surface area is 78.7 Å². The minimum absolute atomic E-state index is 0.249. The predicted molar refractivity (Wildman–Crippen MR) is 48.3 cm³/mol. The molecule has 0 nitrogen and oxygen atoms in total. The maximum atomic E-state index is 13.0. The highest BCUT2D eigenvalue weighted by Crippen LogP contribution is 2.21. The largest absolute Gasteiger partial charge is 0.204 e. The molecule has 1 aromatic rings. The molecule has 65 valence electrons. The molecule has 12 heavy (non-hydrogen) atoms. The summed E-state index contributed by atoms with van der Waals surface area (Å²) in [6, 6.07) is 4.12. The number of hydrogen-bond acceptors (Lipinski definition) is 0. The minimum Gasteiger partial charge on any atom is -0.204 e. The summed E-state index contributed by atoms with van der Waals surface area (Å²) >= 11 is 3.16. The topological polar surface area (TPSA) is 0 Å². The number of benzene rings is 1. The first-order chi connectivity index (χ1) is 5.66. The average molecular weight is 234 g/mol. The molecule has 0 amide bonds. The molecule has 1 aromatic carbocycles. The van der Waals surface area contributed by atoms with Crippen LogP contribution in [0.25, 0.3) is 0 Å². The second-order valence-electron chi connectivity index (χ2n) is 2.49. The third-order valence-electron chi connectivity index (χ3n) is 1.61. The van der Waals surface area contributed by atoms with E-state index in [0.29, 0.717) is 10.9 Å². The Balaban J connectivity index is 3.07. The van der Waals surface area contributed by atoms with E-state index in [1.807, 2.05) is 0 Å². The summed E-state index contributed by atoms with van der Waals surface area (Å²) < 4.78 is 25.7. The van der Waals surface area contributed by atoms with Crippen molar-refractivity contribution >= 4 is 15.9 Å². The molecule has 0 N–H and O–H groups in total. The van der Waals surface area contributed by atoms with Gasteiger partial charge < -0.3 is 0 Å². The van der Waals surface area contributed by atoms with E-state index in [2.05, 4.69) is 22.9 Å². The second-order valence-corrected chi connectivity index (χ2v) is 3.14.